The molecule has 3 N–H and O–H groups in total. The van der Waals surface area contributed by atoms with Gasteiger partial charge in [0.05, 0.1) is 24.3 Å². The first-order valence-corrected chi connectivity index (χ1v) is 13.1. The van der Waals surface area contributed by atoms with E-state index in [1.54, 1.807) is 16.9 Å². The number of nitrogens with zero attached hydrogens (tertiary/aromatic N) is 4. The lowest BCUT2D eigenvalue weighted by atomic mass is 9.88. The van der Waals surface area contributed by atoms with Gasteiger partial charge < -0.3 is 16.0 Å². The molecule has 3 aliphatic rings. The van der Waals surface area contributed by atoms with Crippen LogP contribution < -0.4 is 16.0 Å². The Balaban J connectivity index is 1.28. The molecule has 0 bridgehead atoms. The highest BCUT2D eigenvalue weighted by Gasteiger charge is 2.49. The van der Waals surface area contributed by atoms with Crippen molar-refractivity contribution in [3.63, 3.8) is 0 Å². The Bertz CT molecular complexity index is 1190. The highest BCUT2D eigenvalue weighted by atomic mass is 19.4. The first-order chi connectivity index (χ1) is 18.0. The molecule has 1 saturated heterocycles. The molecule has 0 radical (unpaired) electrons. The van der Waals surface area contributed by atoms with Gasteiger partial charge in [0.2, 0.25) is 11.8 Å². The second kappa shape index (κ2) is 10.1. The Morgan fingerprint density at radius 1 is 1.16 bits per heavy atom. The number of hydrogen-bond donors (Lipinski definition) is 3. The molecular formula is C25H32F3N7O3. The molecule has 10 nitrogen and oxygen atoms in total. The minimum atomic E-state index is -4.50. The predicted molar refractivity (Wildman–Crippen MR) is 130 cm³/mol. The zero-order valence-electron chi connectivity index (χ0n) is 21.2. The van der Waals surface area contributed by atoms with Crippen molar-refractivity contribution < 1.29 is 27.6 Å². The van der Waals surface area contributed by atoms with Crippen molar-refractivity contribution in [2.75, 3.05) is 5.32 Å². The van der Waals surface area contributed by atoms with Crippen LogP contribution in [0.25, 0.3) is 0 Å². The van der Waals surface area contributed by atoms with Gasteiger partial charge in [0.15, 0.2) is 0 Å². The summed E-state index contributed by atoms with van der Waals surface area (Å²) in [5.74, 6) is -1.52. The largest absolute Gasteiger partial charge is 0.408 e. The van der Waals surface area contributed by atoms with E-state index in [2.05, 4.69) is 20.8 Å². The van der Waals surface area contributed by atoms with Crippen molar-refractivity contribution in [2.45, 2.75) is 76.8 Å². The number of aromatic nitrogens is 4. The maximum absolute atomic E-state index is 13.5. The Labute approximate surface area is 217 Å². The molecule has 38 heavy (non-hydrogen) atoms. The van der Waals surface area contributed by atoms with E-state index in [4.69, 9.17) is 0 Å². The summed E-state index contributed by atoms with van der Waals surface area (Å²) in [5, 5.41) is 16.1. The van der Waals surface area contributed by atoms with E-state index in [1.807, 2.05) is 19.2 Å². The summed E-state index contributed by atoms with van der Waals surface area (Å²) in [6.45, 7) is 3.79. The highest BCUT2D eigenvalue weighted by molar-refractivity contribution is 6.00. The maximum Gasteiger partial charge on any atom is 0.408 e. The number of anilines is 1. The summed E-state index contributed by atoms with van der Waals surface area (Å²) >= 11 is 0. The highest BCUT2D eigenvalue weighted by Crippen LogP contribution is 2.51. The molecule has 0 aromatic carbocycles. The van der Waals surface area contributed by atoms with Crippen LogP contribution in [0.4, 0.5) is 18.9 Å². The summed E-state index contributed by atoms with van der Waals surface area (Å²) in [5.41, 5.74) is 0.723. The van der Waals surface area contributed by atoms with E-state index >= 15 is 0 Å². The van der Waals surface area contributed by atoms with Gasteiger partial charge in [-0.05, 0) is 69.8 Å². The fraction of sp³-hybridized carbons (Fsp3) is 0.640. The van der Waals surface area contributed by atoms with Crippen LogP contribution in [-0.2, 0) is 16.1 Å². The van der Waals surface area contributed by atoms with Gasteiger partial charge in [0.1, 0.15) is 17.8 Å². The maximum atomic E-state index is 13.5. The molecule has 3 heterocycles. The van der Waals surface area contributed by atoms with Crippen molar-refractivity contribution in [3.8, 4) is 0 Å². The number of carbonyl (C=O) groups excluding carboxylic acids is 3. The predicted octanol–water partition coefficient (Wildman–Crippen LogP) is 2.90. The molecule has 0 unspecified atom stereocenters. The van der Waals surface area contributed by atoms with Gasteiger partial charge in [-0.15, -0.1) is 0 Å². The third-order valence-corrected chi connectivity index (χ3v) is 7.59. The fourth-order valence-electron chi connectivity index (χ4n) is 5.44. The Morgan fingerprint density at radius 2 is 1.84 bits per heavy atom. The first-order valence-electron chi connectivity index (χ1n) is 13.1. The monoisotopic (exact) mass is 535 g/mol. The van der Waals surface area contributed by atoms with Crippen LogP contribution in [0.2, 0.25) is 0 Å². The molecule has 3 fully saturated rings. The van der Waals surface area contributed by atoms with Crippen LogP contribution in [0, 0.1) is 23.7 Å². The number of nitrogens with one attached hydrogen (secondary N) is 3. The molecule has 2 saturated carbocycles. The summed E-state index contributed by atoms with van der Waals surface area (Å²) in [6, 6.07) is -1.03. The van der Waals surface area contributed by atoms with E-state index in [0.29, 0.717) is 23.2 Å². The van der Waals surface area contributed by atoms with Gasteiger partial charge in [-0.3, -0.25) is 23.7 Å². The number of alkyl halides is 3. The van der Waals surface area contributed by atoms with Gasteiger partial charge in [-0.25, -0.2) is 0 Å². The quantitative estimate of drug-likeness (QED) is 0.432. The number of carbonyl (C=O) groups is 3. The van der Waals surface area contributed by atoms with E-state index in [1.165, 1.54) is 17.1 Å². The summed E-state index contributed by atoms with van der Waals surface area (Å²) in [4.78, 5) is 38.8. The molecule has 3 atom stereocenters. The second-order valence-electron chi connectivity index (χ2n) is 10.9. The van der Waals surface area contributed by atoms with Gasteiger partial charge in [-0.1, -0.05) is 0 Å². The lowest BCUT2D eigenvalue weighted by molar-refractivity contribution is -0.155. The van der Waals surface area contributed by atoms with Crippen LogP contribution in [0.5, 0.6) is 0 Å². The van der Waals surface area contributed by atoms with E-state index in [-0.39, 0.29) is 36.7 Å². The molecule has 3 amide bonds. The molecule has 0 spiro atoms. The van der Waals surface area contributed by atoms with Crippen molar-refractivity contribution in [1.29, 1.82) is 0 Å². The van der Waals surface area contributed by atoms with Crippen LogP contribution in [-0.4, -0.2) is 55.5 Å². The summed E-state index contributed by atoms with van der Waals surface area (Å²) in [6.07, 6.45) is 3.64. The van der Waals surface area contributed by atoms with Gasteiger partial charge in [0, 0.05) is 18.4 Å². The van der Waals surface area contributed by atoms with Gasteiger partial charge in [-0.2, -0.15) is 23.4 Å². The zero-order chi connectivity index (χ0) is 27.2. The number of hydrogen-bond acceptors (Lipinski definition) is 5. The minimum absolute atomic E-state index is 0.0194. The number of halogens is 3. The van der Waals surface area contributed by atoms with Crippen LogP contribution >= 0.6 is 0 Å². The minimum Gasteiger partial charge on any atom is -0.344 e. The Kier molecular flexibility index (Phi) is 6.95. The lowest BCUT2D eigenvalue weighted by Gasteiger charge is -2.27. The zero-order valence-corrected chi connectivity index (χ0v) is 21.2. The van der Waals surface area contributed by atoms with Gasteiger partial charge >= 0.3 is 6.18 Å². The fourth-order valence-corrected chi connectivity index (χ4v) is 5.44. The third-order valence-electron chi connectivity index (χ3n) is 7.59. The second-order valence-corrected chi connectivity index (χ2v) is 10.9. The summed E-state index contributed by atoms with van der Waals surface area (Å²) in [7, 11) is 0. The van der Waals surface area contributed by atoms with Crippen molar-refractivity contribution in [3.05, 3.63) is 30.4 Å². The molecule has 206 valence electrons. The average Bonchev–Trinajstić information content (AvgIpc) is 3.73. The molecule has 13 heteroatoms. The van der Waals surface area contributed by atoms with E-state index < -0.39 is 30.1 Å². The van der Waals surface area contributed by atoms with E-state index in [9.17, 15) is 27.6 Å². The molecule has 2 aromatic heterocycles. The normalized spacial score (nSPS) is 22.6. The SMILES string of the molecule is CC(C)n1nccc1C(=O)N[C@H](C(=O)Nc1cnn(C[C@@H]2C[C@@H](C(F)(F)F)NC2=O)c1)C(C1CC1)C1CC1. The number of amides is 3. The van der Waals surface area contributed by atoms with Crippen molar-refractivity contribution >= 4 is 23.4 Å². The summed E-state index contributed by atoms with van der Waals surface area (Å²) < 4.78 is 41.9. The number of rotatable bonds is 10. The molecule has 1 aliphatic heterocycles. The van der Waals surface area contributed by atoms with Crippen LogP contribution in [0.3, 0.4) is 0 Å². The molecule has 2 aliphatic carbocycles. The standard InChI is InChI=1S/C25H32F3N7O3/c1-13(2)35-18(7-8-29-35)23(37)33-21(20(14-3-4-14)15-5-6-15)24(38)31-17-10-30-34(12-17)11-16-9-19(25(26,27)28)32-22(16)36/h7-8,10,12-16,19-21H,3-6,9,11H2,1-2H3,(H,31,38)(H,32,36)(H,33,37)/t16-,19-,21-/m0/s1. The van der Waals surface area contributed by atoms with Crippen LogP contribution in [0.1, 0.15) is 62.5 Å². The van der Waals surface area contributed by atoms with Crippen molar-refractivity contribution in [2.24, 2.45) is 23.7 Å². The molecule has 5 rings (SSSR count). The Morgan fingerprint density at radius 3 is 2.42 bits per heavy atom. The van der Waals surface area contributed by atoms with Crippen LogP contribution in [0.15, 0.2) is 24.7 Å². The molecule has 2 aromatic rings. The third kappa shape index (κ3) is 5.70. The average molecular weight is 536 g/mol. The lowest BCUT2D eigenvalue weighted by Crippen LogP contribution is -2.50. The topological polar surface area (TPSA) is 123 Å². The van der Waals surface area contributed by atoms with Gasteiger partial charge in [0.25, 0.3) is 5.91 Å². The molecular weight excluding hydrogens is 503 g/mol. The van der Waals surface area contributed by atoms with Crippen molar-refractivity contribution in [1.82, 2.24) is 30.2 Å². The first kappa shape index (κ1) is 26.2. The smallest absolute Gasteiger partial charge is 0.344 e. The van der Waals surface area contributed by atoms with E-state index in [0.717, 1.165) is 25.7 Å². The Hall–Kier alpha value is -3.38.